The van der Waals surface area contributed by atoms with Crippen LogP contribution in [0, 0.1) is 5.82 Å². The van der Waals surface area contributed by atoms with E-state index in [9.17, 15) is 24.0 Å². The number of aliphatic hydroxyl groups is 1. The molecule has 3 atom stereocenters. The Labute approximate surface area is 165 Å². The van der Waals surface area contributed by atoms with Crippen molar-refractivity contribution in [3.8, 4) is 5.75 Å². The molecule has 0 amide bonds. The molecule has 3 unspecified atom stereocenters. The molecule has 1 aliphatic rings. The summed E-state index contributed by atoms with van der Waals surface area (Å²) in [5.41, 5.74) is -3.41. The molecule has 1 aliphatic heterocycles. The minimum Gasteiger partial charge on any atom is -0.377 e. The fourth-order valence-corrected chi connectivity index (χ4v) is 4.07. The van der Waals surface area contributed by atoms with Gasteiger partial charge >= 0.3 is 13.9 Å². The zero-order valence-electron chi connectivity index (χ0n) is 15.3. The molecule has 154 valence electrons. The molecule has 0 fully saturated rings. The Morgan fingerprint density at radius 2 is 2.21 bits per heavy atom. The van der Waals surface area contributed by atoms with Crippen LogP contribution in [0.2, 0.25) is 0 Å². The highest BCUT2D eigenvalue weighted by molar-refractivity contribution is 7.56. The molecular formula is C16H18BFN2O8P+. The first kappa shape index (κ1) is 21.6. The summed E-state index contributed by atoms with van der Waals surface area (Å²) in [6.07, 6.45) is 0.0260. The van der Waals surface area contributed by atoms with Crippen molar-refractivity contribution in [2.45, 2.75) is 31.4 Å². The molecule has 3 rings (SSSR count). The summed E-state index contributed by atoms with van der Waals surface area (Å²) < 4.78 is 35.1. The smallest absolute Gasteiger partial charge is 0.377 e. The lowest BCUT2D eigenvalue weighted by atomic mass is 9.87. The maximum absolute atomic E-state index is 13.3. The van der Waals surface area contributed by atoms with Gasteiger partial charge in [0, 0.05) is 31.5 Å². The molecule has 0 saturated heterocycles. The Bertz CT molecular complexity index is 999. The van der Waals surface area contributed by atoms with E-state index in [0.717, 1.165) is 12.1 Å². The molecule has 10 nitrogen and oxygen atoms in total. The van der Waals surface area contributed by atoms with E-state index < -0.39 is 37.0 Å². The monoisotopic (exact) mass is 427 g/mol. The van der Waals surface area contributed by atoms with Crippen molar-refractivity contribution in [2.75, 3.05) is 7.11 Å². The molecule has 13 heteroatoms. The Morgan fingerprint density at radius 1 is 1.45 bits per heavy atom. The second-order valence-electron chi connectivity index (χ2n) is 6.25. The maximum atomic E-state index is 13.3. The van der Waals surface area contributed by atoms with Crippen molar-refractivity contribution in [2.24, 2.45) is 0 Å². The van der Waals surface area contributed by atoms with Crippen LogP contribution < -0.4 is 15.8 Å². The first-order valence-electron chi connectivity index (χ1n) is 8.41. The van der Waals surface area contributed by atoms with E-state index in [1.807, 2.05) is 0 Å². The fourth-order valence-electron chi connectivity index (χ4n) is 2.71. The number of hydrogen-bond acceptors (Lipinski definition) is 8. The van der Waals surface area contributed by atoms with E-state index in [1.54, 1.807) is 0 Å². The van der Waals surface area contributed by atoms with Gasteiger partial charge in [0.05, 0.1) is 0 Å². The zero-order chi connectivity index (χ0) is 21.2. The van der Waals surface area contributed by atoms with Gasteiger partial charge in [-0.2, -0.15) is 4.89 Å². The summed E-state index contributed by atoms with van der Waals surface area (Å²) in [5, 5.41) is 10.5. The van der Waals surface area contributed by atoms with E-state index in [-0.39, 0.29) is 25.3 Å². The summed E-state index contributed by atoms with van der Waals surface area (Å²) in [4.78, 5) is 35.4. The number of nitrogens with one attached hydrogen (secondary N) is 1. The van der Waals surface area contributed by atoms with Gasteiger partial charge in [0.15, 0.2) is 19.3 Å². The van der Waals surface area contributed by atoms with Crippen LogP contribution in [0.3, 0.4) is 0 Å². The van der Waals surface area contributed by atoms with Gasteiger partial charge in [-0.1, -0.05) is 0 Å². The Hall–Kier alpha value is -2.08. The molecule has 3 N–H and O–H groups in total. The zero-order valence-corrected chi connectivity index (χ0v) is 16.2. The number of nitrogens with zero attached hydrogens (tertiary/aromatic N) is 1. The van der Waals surface area contributed by atoms with Crippen LogP contribution in [-0.2, 0) is 26.9 Å². The van der Waals surface area contributed by atoms with E-state index in [4.69, 9.17) is 26.2 Å². The summed E-state index contributed by atoms with van der Waals surface area (Å²) in [6, 6.07) is 4.75. The van der Waals surface area contributed by atoms with Crippen LogP contribution in [0.5, 0.6) is 5.75 Å². The number of aryl methyl sites for hydroxylation is 1. The van der Waals surface area contributed by atoms with E-state index >= 15 is 0 Å². The SMILES string of the molecule is [B]C(O)(O[P+]1(O)OCc2cc(F)ccc2O1)C(CCn1ccc(=O)[nH]c1=O)OC. The number of aromatic amines is 1. The van der Waals surface area contributed by atoms with Gasteiger partial charge in [-0.05, 0) is 24.6 Å². The molecule has 1 aromatic heterocycles. The number of methoxy groups -OCH3 is 1. The lowest BCUT2D eigenvalue weighted by Crippen LogP contribution is -2.48. The molecule has 0 spiro atoms. The highest BCUT2D eigenvalue weighted by Crippen LogP contribution is 2.63. The average Bonchev–Trinajstić information content (AvgIpc) is 2.63. The predicted octanol–water partition coefficient (Wildman–Crippen LogP) is 0.191. The topological polar surface area (TPSA) is 132 Å². The first-order valence-corrected chi connectivity index (χ1v) is 9.90. The standard InChI is InChI=1S/C16H17BFN2O8P/c1-25-13(4-6-20-7-5-14(21)19-15(20)22)16(17,23)28-29(24)26-9-10-8-11(18)2-3-12(10)27-29/h2-3,5,7-8,13,23-24H,4,6,9H2,1H3/p+1. The molecule has 0 bridgehead atoms. The number of benzene rings is 1. The van der Waals surface area contributed by atoms with Crippen LogP contribution in [-0.4, -0.2) is 46.3 Å². The lowest BCUT2D eigenvalue weighted by Gasteiger charge is -2.33. The molecule has 29 heavy (non-hydrogen) atoms. The minimum atomic E-state index is -4.10. The molecular weight excluding hydrogens is 409 g/mol. The molecule has 2 aromatic rings. The van der Waals surface area contributed by atoms with Crippen molar-refractivity contribution in [1.29, 1.82) is 0 Å². The lowest BCUT2D eigenvalue weighted by molar-refractivity contribution is -0.172. The Kier molecular flexibility index (Phi) is 6.23. The molecule has 2 heterocycles. The second kappa shape index (κ2) is 8.35. The van der Waals surface area contributed by atoms with Crippen molar-refractivity contribution in [1.82, 2.24) is 9.55 Å². The number of ether oxygens (including phenoxy) is 1. The number of H-pyrrole nitrogens is 1. The summed E-state index contributed by atoms with van der Waals surface area (Å²) in [5.74, 6) is -0.383. The quantitative estimate of drug-likeness (QED) is 0.324. The van der Waals surface area contributed by atoms with E-state index in [0.29, 0.717) is 5.56 Å². The van der Waals surface area contributed by atoms with Crippen LogP contribution in [0.1, 0.15) is 12.0 Å². The Morgan fingerprint density at radius 3 is 2.90 bits per heavy atom. The van der Waals surface area contributed by atoms with Gasteiger partial charge in [-0.15, -0.1) is 9.05 Å². The van der Waals surface area contributed by atoms with E-state index in [2.05, 4.69) is 4.98 Å². The third-order valence-corrected chi connectivity index (χ3v) is 5.56. The van der Waals surface area contributed by atoms with Crippen molar-refractivity contribution in [3.63, 3.8) is 0 Å². The van der Waals surface area contributed by atoms with Crippen LogP contribution in [0.15, 0.2) is 40.1 Å². The summed E-state index contributed by atoms with van der Waals surface area (Å²) in [6.45, 7) is -0.213. The number of aromatic nitrogens is 2. The van der Waals surface area contributed by atoms with Gasteiger partial charge in [-0.3, -0.25) is 14.3 Å². The maximum Gasteiger partial charge on any atom is 0.621 e. The van der Waals surface area contributed by atoms with Gasteiger partial charge in [-0.25, -0.2) is 9.18 Å². The third-order valence-electron chi connectivity index (χ3n) is 4.16. The minimum absolute atomic E-state index is 0.0116. The highest BCUT2D eigenvalue weighted by Gasteiger charge is 2.57. The number of fused-ring (bicyclic) bond motifs is 1. The average molecular weight is 427 g/mol. The van der Waals surface area contributed by atoms with Gasteiger partial charge in [0.2, 0.25) is 0 Å². The van der Waals surface area contributed by atoms with Crippen molar-refractivity contribution >= 4 is 16.0 Å². The largest absolute Gasteiger partial charge is 0.621 e. The third kappa shape index (κ3) is 5.10. The van der Waals surface area contributed by atoms with Crippen molar-refractivity contribution < 1.29 is 32.7 Å². The molecule has 1 aromatic carbocycles. The summed E-state index contributed by atoms with van der Waals surface area (Å²) >= 11 is 0. The first-order chi connectivity index (χ1) is 13.6. The van der Waals surface area contributed by atoms with Crippen molar-refractivity contribution in [3.05, 3.63) is 62.7 Å². The van der Waals surface area contributed by atoms with Crippen LogP contribution >= 0.6 is 8.17 Å². The number of rotatable bonds is 7. The predicted molar refractivity (Wildman–Crippen MR) is 99.5 cm³/mol. The van der Waals surface area contributed by atoms with Gasteiger partial charge < -0.3 is 14.4 Å². The van der Waals surface area contributed by atoms with Gasteiger partial charge in [0.25, 0.3) is 5.56 Å². The van der Waals surface area contributed by atoms with E-state index in [1.165, 1.54) is 30.0 Å². The van der Waals surface area contributed by atoms with Crippen LogP contribution in [0.25, 0.3) is 0 Å². The molecule has 0 saturated carbocycles. The van der Waals surface area contributed by atoms with Crippen LogP contribution in [0.4, 0.5) is 4.39 Å². The number of hydrogen-bond donors (Lipinski definition) is 3. The normalized spacial score (nSPS) is 21.7. The number of halogens is 1. The van der Waals surface area contributed by atoms with Gasteiger partial charge in [0.1, 0.15) is 18.5 Å². The fraction of sp³-hybridized carbons (Fsp3) is 0.375. The Balaban J connectivity index is 1.70. The molecule has 2 radical (unpaired) electrons. The summed E-state index contributed by atoms with van der Waals surface area (Å²) in [7, 11) is 2.90. The second-order valence-corrected chi connectivity index (χ2v) is 7.81. The highest BCUT2D eigenvalue weighted by atomic mass is 31.2. The molecule has 0 aliphatic carbocycles.